The van der Waals surface area contributed by atoms with Gasteiger partial charge in [0.1, 0.15) is 36.6 Å². The van der Waals surface area contributed by atoms with Gasteiger partial charge < -0.3 is 59.8 Å². The van der Waals surface area contributed by atoms with Gasteiger partial charge in [0, 0.05) is 18.9 Å². The molecule has 2 aliphatic heterocycles. The second-order valence-electron chi connectivity index (χ2n) is 7.79. The predicted octanol–water partition coefficient (Wildman–Crippen LogP) is -3.87. The number of rotatable bonds is 9. The lowest BCUT2D eigenvalue weighted by Gasteiger charge is -2.46. The highest BCUT2D eigenvalue weighted by Gasteiger charge is 2.55. The molecule has 2 heterocycles. The number of aliphatic carboxylic acids is 1. The van der Waals surface area contributed by atoms with Gasteiger partial charge in [-0.05, 0) is 6.92 Å². The number of aliphatic hydroxyl groups is 7. The number of carboxylic acid groups (broad SMARTS) is 1. The number of aliphatic hydroxyl groups excluding tert-OH is 7. The first-order chi connectivity index (χ1) is 14.5. The number of carbonyl (C=O) groups is 1. The zero-order chi connectivity index (χ0) is 23.5. The van der Waals surface area contributed by atoms with Crippen LogP contribution in [0.15, 0.2) is 0 Å². The standard InChI is InChI=1S/C18H32O13/c1-3-28-16-14(25)13(24)12(23)10(30-16)6-29-18(17(26)27)4-8(20)7(2)15(31-18)11(22)9(21)5-19/h7-16,19-25H,3-6H2,1-2H3,(H,26,27)/t7-,8-,9-,10?,11-,12+,13+,14?,15?,16+,18-/m1/s1. The largest absolute Gasteiger partial charge is 0.477 e. The smallest absolute Gasteiger partial charge is 0.364 e. The number of carboxylic acids is 1. The molecule has 2 saturated heterocycles. The quantitative estimate of drug-likeness (QED) is 0.167. The number of hydrogen-bond donors (Lipinski definition) is 8. The summed E-state index contributed by atoms with van der Waals surface area (Å²) in [7, 11) is 0. The summed E-state index contributed by atoms with van der Waals surface area (Å²) in [6.45, 7) is 1.73. The molecule has 0 aromatic carbocycles. The molecule has 2 fully saturated rings. The van der Waals surface area contributed by atoms with Crippen LogP contribution in [0.25, 0.3) is 0 Å². The molecule has 13 nitrogen and oxygen atoms in total. The molecule has 0 radical (unpaired) electrons. The third-order valence-electron chi connectivity index (χ3n) is 5.65. The lowest BCUT2D eigenvalue weighted by Crippen LogP contribution is -2.63. The summed E-state index contributed by atoms with van der Waals surface area (Å²) in [4.78, 5) is 12.0. The molecule has 2 rings (SSSR count). The van der Waals surface area contributed by atoms with Crippen LogP contribution in [0.3, 0.4) is 0 Å². The van der Waals surface area contributed by atoms with E-state index in [1.165, 1.54) is 6.92 Å². The maximum atomic E-state index is 12.0. The Balaban J connectivity index is 2.19. The molecule has 8 N–H and O–H groups in total. The molecule has 0 amide bonds. The van der Waals surface area contributed by atoms with E-state index in [1.54, 1.807) is 6.92 Å². The third-order valence-corrected chi connectivity index (χ3v) is 5.65. The van der Waals surface area contributed by atoms with E-state index in [2.05, 4.69) is 0 Å². The lowest BCUT2D eigenvalue weighted by molar-refractivity contribution is -0.341. The van der Waals surface area contributed by atoms with Crippen molar-refractivity contribution in [2.24, 2.45) is 5.92 Å². The maximum Gasteiger partial charge on any atom is 0.364 e. The van der Waals surface area contributed by atoms with Gasteiger partial charge in [0.05, 0.1) is 25.4 Å². The van der Waals surface area contributed by atoms with E-state index in [0.717, 1.165) is 0 Å². The fourth-order valence-corrected chi connectivity index (χ4v) is 3.63. The first kappa shape index (κ1) is 26.3. The minimum atomic E-state index is -2.49. The van der Waals surface area contributed by atoms with Gasteiger partial charge in [0.25, 0.3) is 5.79 Å². The van der Waals surface area contributed by atoms with Gasteiger partial charge in [-0.25, -0.2) is 4.79 Å². The Kier molecular flexibility index (Phi) is 9.13. The Bertz CT molecular complexity index is 591. The zero-order valence-corrected chi connectivity index (χ0v) is 17.2. The Labute approximate surface area is 178 Å². The van der Waals surface area contributed by atoms with Gasteiger partial charge in [-0.1, -0.05) is 6.92 Å². The van der Waals surface area contributed by atoms with Gasteiger partial charge in [-0.15, -0.1) is 0 Å². The third kappa shape index (κ3) is 5.51. The topological polar surface area (TPSA) is 216 Å². The van der Waals surface area contributed by atoms with Crippen molar-refractivity contribution in [1.29, 1.82) is 0 Å². The van der Waals surface area contributed by atoms with Gasteiger partial charge in [0.2, 0.25) is 0 Å². The SMILES string of the molecule is CCO[C@H]1OC(CO[C@]2(C(=O)O)C[C@@H](O)[C@@H](C)C([C@H](O)[C@H](O)CO)O2)[C@H](O)[C@H](O)C1O. The summed E-state index contributed by atoms with van der Waals surface area (Å²) in [5.41, 5.74) is 0. The summed E-state index contributed by atoms with van der Waals surface area (Å²) < 4.78 is 21.4. The highest BCUT2D eigenvalue weighted by Crippen LogP contribution is 2.37. The Morgan fingerprint density at radius 2 is 1.81 bits per heavy atom. The molecule has 13 heteroatoms. The fourth-order valence-electron chi connectivity index (χ4n) is 3.63. The molecule has 182 valence electrons. The Morgan fingerprint density at radius 1 is 1.16 bits per heavy atom. The van der Waals surface area contributed by atoms with E-state index >= 15 is 0 Å². The molecular formula is C18H32O13. The first-order valence-electron chi connectivity index (χ1n) is 10.0. The molecule has 0 aliphatic carbocycles. The first-order valence-corrected chi connectivity index (χ1v) is 10.0. The monoisotopic (exact) mass is 456 g/mol. The van der Waals surface area contributed by atoms with Crippen LogP contribution < -0.4 is 0 Å². The predicted molar refractivity (Wildman–Crippen MR) is 98.4 cm³/mol. The second kappa shape index (κ2) is 10.8. The summed E-state index contributed by atoms with van der Waals surface area (Å²) in [6, 6.07) is 0. The average Bonchev–Trinajstić information content (AvgIpc) is 2.74. The van der Waals surface area contributed by atoms with Gasteiger partial charge >= 0.3 is 5.97 Å². The van der Waals surface area contributed by atoms with Crippen LogP contribution in [-0.2, 0) is 23.7 Å². The maximum absolute atomic E-state index is 12.0. The molecule has 0 bridgehead atoms. The average molecular weight is 456 g/mol. The summed E-state index contributed by atoms with van der Waals surface area (Å²) >= 11 is 0. The molecule has 0 aromatic rings. The molecule has 3 unspecified atom stereocenters. The van der Waals surface area contributed by atoms with Gasteiger partial charge in [-0.2, -0.15) is 0 Å². The van der Waals surface area contributed by atoms with Crippen molar-refractivity contribution in [3.8, 4) is 0 Å². The van der Waals surface area contributed by atoms with Crippen molar-refractivity contribution in [3.05, 3.63) is 0 Å². The van der Waals surface area contributed by atoms with Crippen molar-refractivity contribution in [2.75, 3.05) is 19.8 Å². The van der Waals surface area contributed by atoms with Crippen molar-refractivity contribution in [2.45, 2.75) is 81.2 Å². The number of hydrogen-bond acceptors (Lipinski definition) is 12. The highest BCUT2D eigenvalue weighted by molar-refractivity contribution is 5.76. The summed E-state index contributed by atoms with van der Waals surface area (Å²) in [5.74, 6) is -4.96. The normalized spacial score (nSPS) is 43.4. The molecule has 11 atom stereocenters. The van der Waals surface area contributed by atoms with Gasteiger partial charge in [-0.3, -0.25) is 0 Å². The van der Waals surface area contributed by atoms with Gasteiger partial charge in [0.15, 0.2) is 6.29 Å². The van der Waals surface area contributed by atoms with Crippen LogP contribution in [0, 0.1) is 5.92 Å². The molecule has 0 aromatic heterocycles. The molecule has 2 aliphatic rings. The zero-order valence-electron chi connectivity index (χ0n) is 17.2. The minimum absolute atomic E-state index is 0.122. The summed E-state index contributed by atoms with van der Waals surface area (Å²) in [5, 5.41) is 79.2. The van der Waals surface area contributed by atoms with Crippen LogP contribution in [-0.4, -0.2) is 128 Å². The van der Waals surface area contributed by atoms with Crippen LogP contribution >= 0.6 is 0 Å². The van der Waals surface area contributed by atoms with E-state index in [-0.39, 0.29) is 6.61 Å². The summed E-state index contributed by atoms with van der Waals surface area (Å²) in [6.07, 6.45) is -14.2. The van der Waals surface area contributed by atoms with E-state index < -0.39 is 92.4 Å². The number of ether oxygens (including phenoxy) is 4. The Morgan fingerprint density at radius 3 is 2.35 bits per heavy atom. The second-order valence-corrected chi connectivity index (χ2v) is 7.79. The van der Waals surface area contributed by atoms with Crippen LogP contribution in [0.2, 0.25) is 0 Å². The highest BCUT2D eigenvalue weighted by atomic mass is 16.7. The lowest BCUT2D eigenvalue weighted by atomic mass is 9.84. The van der Waals surface area contributed by atoms with Crippen molar-refractivity contribution in [1.82, 2.24) is 0 Å². The van der Waals surface area contributed by atoms with E-state index in [4.69, 9.17) is 24.1 Å². The molecule has 0 saturated carbocycles. The van der Waals surface area contributed by atoms with E-state index in [9.17, 15) is 40.5 Å². The van der Waals surface area contributed by atoms with E-state index in [1.807, 2.05) is 0 Å². The van der Waals surface area contributed by atoms with Crippen LogP contribution in [0.1, 0.15) is 20.3 Å². The molecular weight excluding hydrogens is 424 g/mol. The van der Waals surface area contributed by atoms with Crippen LogP contribution in [0.4, 0.5) is 0 Å². The minimum Gasteiger partial charge on any atom is -0.477 e. The Hall–Kier alpha value is -0.970. The van der Waals surface area contributed by atoms with Crippen LogP contribution in [0.5, 0.6) is 0 Å². The van der Waals surface area contributed by atoms with Crippen molar-refractivity contribution in [3.63, 3.8) is 0 Å². The van der Waals surface area contributed by atoms with Crippen molar-refractivity contribution < 1.29 is 64.6 Å². The van der Waals surface area contributed by atoms with E-state index in [0.29, 0.717) is 0 Å². The molecule has 31 heavy (non-hydrogen) atoms. The van der Waals surface area contributed by atoms with Crippen molar-refractivity contribution >= 4 is 5.97 Å². The molecule has 0 spiro atoms. The fraction of sp³-hybridized carbons (Fsp3) is 0.944.